The van der Waals surface area contributed by atoms with Crippen LogP contribution >= 0.6 is 0 Å². The highest BCUT2D eigenvalue weighted by Crippen LogP contribution is 2.30. The van der Waals surface area contributed by atoms with Crippen molar-refractivity contribution < 1.29 is 9.52 Å². The van der Waals surface area contributed by atoms with Gasteiger partial charge in [-0.1, -0.05) is 0 Å². The number of hydrogen-bond donors (Lipinski definition) is 2. The summed E-state index contributed by atoms with van der Waals surface area (Å²) in [6, 6.07) is 3.88. The lowest BCUT2D eigenvalue weighted by molar-refractivity contribution is -0.104. The van der Waals surface area contributed by atoms with Crippen molar-refractivity contribution in [2.24, 2.45) is 5.73 Å². The van der Waals surface area contributed by atoms with Gasteiger partial charge >= 0.3 is 0 Å². The monoisotopic (exact) mass is 196 g/mol. The first-order chi connectivity index (χ1) is 6.62. The van der Waals surface area contributed by atoms with Crippen molar-refractivity contribution in [2.75, 3.05) is 19.6 Å². The van der Waals surface area contributed by atoms with Crippen LogP contribution in [0.2, 0.25) is 0 Å². The Morgan fingerprint density at radius 1 is 1.71 bits per heavy atom. The predicted molar refractivity (Wildman–Crippen MR) is 52.7 cm³/mol. The van der Waals surface area contributed by atoms with Gasteiger partial charge in [-0.3, -0.25) is 4.90 Å². The Bertz CT molecular complexity index is 287. The molecular formula is C10H16N2O2. The van der Waals surface area contributed by atoms with Crippen molar-refractivity contribution >= 4 is 0 Å². The summed E-state index contributed by atoms with van der Waals surface area (Å²) in [5.74, 6) is 0.878. The van der Waals surface area contributed by atoms with E-state index in [-0.39, 0.29) is 6.04 Å². The average Bonchev–Trinajstić information content (AvgIpc) is 2.55. The zero-order chi connectivity index (χ0) is 10.2. The number of nitrogens with zero attached hydrogens (tertiary/aromatic N) is 1. The third-order valence-electron chi connectivity index (χ3n) is 2.62. The van der Waals surface area contributed by atoms with E-state index in [1.807, 2.05) is 19.1 Å². The average molecular weight is 196 g/mol. The molecular weight excluding hydrogens is 180 g/mol. The standard InChI is InChI=1S/C10H16N2O2/c1-10(13)6-12(7-10)8(5-11)9-3-2-4-14-9/h2-4,8,13H,5-7,11H2,1H3. The summed E-state index contributed by atoms with van der Waals surface area (Å²) < 4.78 is 5.31. The van der Waals surface area contributed by atoms with Crippen LogP contribution in [0.5, 0.6) is 0 Å². The molecule has 1 fully saturated rings. The fourth-order valence-electron chi connectivity index (χ4n) is 1.98. The summed E-state index contributed by atoms with van der Waals surface area (Å²) in [5.41, 5.74) is 5.12. The van der Waals surface area contributed by atoms with E-state index in [1.54, 1.807) is 6.26 Å². The zero-order valence-electron chi connectivity index (χ0n) is 8.31. The summed E-state index contributed by atoms with van der Waals surface area (Å²) in [5, 5.41) is 9.61. The van der Waals surface area contributed by atoms with Gasteiger partial charge in [0.1, 0.15) is 5.76 Å². The lowest BCUT2D eigenvalue weighted by Crippen LogP contribution is -2.61. The Morgan fingerprint density at radius 3 is 2.86 bits per heavy atom. The Morgan fingerprint density at radius 2 is 2.43 bits per heavy atom. The van der Waals surface area contributed by atoms with Crippen LogP contribution in [-0.4, -0.2) is 35.2 Å². The van der Waals surface area contributed by atoms with Gasteiger partial charge in [-0.15, -0.1) is 0 Å². The van der Waals surface area contributed by atoms with Crippen LogP contribution in [0, 0.1) is 0 Å². The van der Waals surface area contributed by atoms with E-state index in [9.17, 15) is 5.11 Å². The third kappa shape index (κ3) is 1.68. The topological polar surface area (TPSA) is 62.6 Å². The first-order valence-electron chi connectivity index (χ1n) is 4.82. The van der Waals surface area contributed by atoms with Gasteiger partial charge in [0.15, 0.2) is 0 Å². The van der Waals surface area contributed by atoms with E-state index < -0.39 is 5.60 Å². The quantitative estimate of drug-likeness (QED) is 0.732. The van der Waals surface area contributed by atoms with Crippen LogP contribution in [0.3, 0.4) is 0 Å². The molecule has 0 radical (unpaired) electrons. The highest BCUT2D eigenvalue weighted by Gasteiger charge is 2.40. The van der Waals surface area contributed by atoms with E-state index in [1.165, 1.54) is 0 Å². The summed E-state index contributed by atoms with van der Waals surface area (Å²) in [7, 11) is 0. The first kappa shape index (κ1) is 9.71. The minimum absolute atomic E-state index is 0.102. The van der Waals surface area contributed by atoms with Crippen LogP contribution in [0.1, 0.15) is 18.7 Å². The number of likely N-dealkylation sites (tertiary alicyclic amines) is 1. The molecule has 78 valence electrons. The van der Waals surface area contributed by atoms with E-state index in [2.05, 4.69) is 4.90 Å². The lowest BCUT2D eigenvalue weighted by Gasteiger charge is -2.47. The molecule has 0 saturated carbocycles. The van der Waals surface area contributed by atoms with Crippen molar-refractivity contribution in [1.82, 2.24) is 4.90 Å². The minimum Gasteiger partial charge on any atom is -0.468 e. The number of rotatable bonds is 3. The Hall–Kier alpha value is -0.840. The van der Waals surface area contributed by atoms with Gasteiger partial charge in [0.05, 0.1) is 17.9 Å². The molecule has 1 saturated heterocycles. The third-order valence-corrected chi connectivity index (χ3v) is 2.62. The lowest BCUT2D eigenvalue weighted by atomic mass is 9.94. The molecule has 4 nitrogen and oxygen atoms in total. The molecule has 1 aromatic rings. The molecule has 1 aromatic heterocycles. The maximum absolute atomic E-state index is 9.61. The summed E-state index contributed by atoms with van der Waals surface area (Å²) >= 11 is 0. The van der Waals surface area contributed by atoms with Gasteiger partial charge in [0.2, 0.25) is 0 Å². The van der Waals surface area contributed by atoms with E-state index >= 15 is 0 Å². The van der Waals surface area contributed by atoms with Gasteiger partial charge in [-0.05, 0) is 19.1 Å². The van der Waals surface area contributed by atoms with Crippen molar-refractivity contribution in [2.45, 2.75) is 18.6 Å². The molecule has 2 heterocycles. The fourth-order valence-corrected chi connectivity index (χ4v) is 1.98. The normalized spacial score (nSPS) is 23.1. The maximum atomic E-state index is 9.61. The van der Waals surface area contributed by atoms with Crippen LogP contribution in [0.4, 0.5) is 0 Å². The summed E-state index contributed by atoms with van der Waals surface area (Å²) in [6.07, 6.45) is 1.65. The Labute approximate surface area is 83.3 Å². The molecule has 0 amide bonds. The molecule has 0 aromatic carbocycles. The molecule has 1 unspecified atom stereocenters. The van der Waals surface area contributed by atoms with Gasteiger partial charge in [-0.25, -0.2) is 0 Å². The first-order valence-corrected chi connectivity index (χ1v) is 4.82. The largest absolute Gasteiger partial charge is 0.468 e. The maximum Gasteiger partial charge on any atom is 0.122 e. The number of nitrogens with two attached hydrogens (primary N) is 1. The van der Waals surface area contributed by atoms with Crippen molar-refractivity contribution in [3.8, 4) is 0 Å². The number of aliphatic hydroxyl groups is 1. The van der Waals surface area contributed by atoms with Gasteiger partial charge in [0.25, 0.3) is 0 Å². The van der Waals surface area contributed by atoms with E-state index in [0.29, 0.717) is 19.6 Å². The van der Waals surface area contributed by atoms with Gasteiger partial charge in [0, 0.05) is 19.6 Å². The molecule has 0 bridgehead atoms. The summed E-state index contributed by atoms with van der Waals surface area (Å²) in [6.45, 7) is 3.67. The molecule has 1 atom stereocenters. The van der Waals surface area contributed by atoms with Crippen LogP contribution in [0.25, 0.3) is 0 Å². The molecule has 3 N–H and O–H groups in total. The Balaban J connectivity index is 2.02. The number of β-amino-alcohol motifs (C(OH)–C–C–N with tert-alkyl or cyclic N) is 1. The highest BCUT2D eigenvalue weighted by atomic mass is 16.3. The molecule has 1 aliphatic heterocycles. The van der Waals surface area contributed by atoms with E-state index in [4.69, 9.17) is 10.2 Å². The van der Waals surface area contributed by atoms with Crippen LogP contribution in [-0.2, 0) is 0 Å². The molecule has 0 spiro atoms. The van der Waals surface area contributed by atoms with Crippen LogP contribution in [0.15, 0.2) is 22.8 Å². The SMILES string of the molecule is CC1(O)CN(C(CN)c2ccco2)C1. The number of hydrogen-bond acceptors (Lipinski definition) is 4. The number of furan rings is 1. The minimum atomic E-state index is -0.556. The molecule has 2 rings (SSSR count). The predicted octanol–water partition coefficient (Wildman–Crippen LogP) is 0.346. The highest BCUT2D eigenvalue weighted by molar-refractivity contribution is 5.08. The second kappa shape index (κ2) is 3.38. The fraction of sp³-hybridized carbons (Fsp3) is 0.600. The van der Waals surface area contributed by atoms with Crippen molar-refractivity contribution in [3.05, 3.63) is 24.2 Å². The smallest absolute Gasteiger partial charge is 0.122 e. The molecule has 1 aliphatic rings. The zero-order valence-corrected chi connectivity index (χ0v) is 8.31. The second-order valence-electron chi connectivity index (χ2n) is 4.17. The van der Waals surface area contributed by atoms with Gasteiger partial charge < -0.3 is 15.3 Å². The molecule has 4 heteroatoms. The molecule has 14 heavy (non-hydrogen) atoms. The van der Waals surface area contributed by atoms with Crippen molar-refractivity contribution in [3.63, 3.8) is 0 Å². The Kier molecular flexibility index (Phi) is 2.34. The van der Waals surface area contributed by atoms with Crippen molar-refractivity contribution in [1.29, 1.82) is 0 Å². The van der Waals surface area contributed by atoms with Crippen LogP contribution < -0.4 is 5.73 Å². The van der Waals surface area contributed by atoms with E-state index in [0.717, 1.165) is 5.76 Å². The summed E-state index contributed by atoms with van der Waals surface area (Å²) in [4.78, 5) is 2.12. The molecule has 0 aliphatic carbocycles. The second-order valence-corrected chi connectivity index (χ2v) is 4.17. The van der Waals surface area contributed by atoms with Gasteiger partial charge in [-0.2, -0.15) is 0 Å².